The summed E-state index contributed by atoms with van der Waals surface area (Å²) in [5.41, 5.74) is 1.14. The van der Waals surface area contributed by atoms with Crippen molar-refractivity contribution in [1.82, 2.24) is 10.3 Å². The van der Waals surface area contributed by atoms with Crippen molar-refractivity contribution in [3.63, 3.8) is 0 Å². The van der Waals surface area contributed by atoms with Crippen LogP contribution < -0.4 is 5.32 Å². The summed E-state index contributed by atoms with van der Waals surface area (Å²) in [6.07, 6.45) is 2.53. The Morgan fingerprint density at radius 3 is 2.89 bits per heavy atom. The van der Waals surface area contributed by atoms with E-state index >= 15 is 0 Å². The third-order valence-electron chi connectivity index (χ3n) is 3.36. The highest BCUT2D eigenvalue weighted by atomic mass is 35.5. The van der Waals surface area contributed by atoms with Gasteiger partial charge in [-0.05, 0) is 37.6 Å². The molecular formula is C15H17ClN2O. The Labute approximate surface area is 118 Å². The normalized spacial score (nSPS) is 14.1. The SMILES string of the molecule is CCC(C)(CCl)NC(=O)c1ccc2ncccc2c1. The van der Waals surface area contributed by atoms with Gasteiger partial charge in [0, 0.05) is 23.0 Å². The Bertz CT molecular complexity index is 593. The van der Waals surface area contributed by atoms with Crippen LogP contribution in [0.25, 0.3) is 10.9 Å². The number of rotatable bonds is 4. The summed E-state index contributed by atoms with van der Waals surface area (Å²) >= 11 is 5.91. The number of pyridine rings is 1. The average Bonchev–Trinajstić information content (AvgIpc) is 2.46. The van der Waals surface area contributed by atoms with Crippen LogP contribution in [0.5, 0.6) is 0 Å². The van der Waals surface area contributed by atoms with E-state index in [1.165, 1.54) is 0 Å². The molecular weight excluding hydrogens is 260 g/mol. The third kappa shape index (κ3) is 3.04. The smallest absolute Gasteiger partial charge is 0.251 e. The van der Waals surface area contributed by atoms with Crippen LogP contribution >= 0.6 is 11.6 Å². The molecule has 0 radical (unpaired) electrons. The number of benzene rings is 1. The van der Waals surface area contributed by atoms with Crippen LogP contribution in [0.3, 0.4) is 0 Å². The first-order valence-electron chi connectivity index (χ1n) is 6.31. The Hall–Kier alpha value is -1.61. The van der Waals surface area contributed by atoms with Crippen LogP contribution in [0.4, 0.5) is 0 Å². The van der Waals surface area contributed by atoms with Crippen molar-refractivity contribution >= 4 is 28.4 Å². The van der Waals surface area contributed by atoms with Gasteiger partial charge >= 0.3 is 0 Å². The molecule has 0 saturated heterocycles. The molecule has 0 aliphatic heterocycles. The van der Waals surface area contributed by atoms with Gasteiger partial charge in [0.2, 0.25) is 0 Å². The fourth-order valence-electron chi connectivity index (χ4n) is 1.78. The van der Waals surface area contributed by atoms with Crippen molar-refractivity contribution in [3.8, 4) is 0 Å². The molecule has 1 unspecified atom stereocenters. The number of halogens is 1. The number of nitrogens with zero attached hydrogens (tertiary/aromatic N) is 1. The number of nitrogens with one attached hydrogen (secondary N) is 1. The van der Waals surface area contributed by atoms with E-state index in [1.54, 1.807) is 12.3 Å². The van der Waals surface area contributed by atoms with Crippen molar-refractivity contribution in [1.29, 1.82) is 0 Å². The molecule has 0 spiro atoms. The maximum Gasteiger partial charge on any atom is 0.251 e. The second-order valence-electron chi connectivity index (χ2n) is 4.91. The second-order valence-corrected chi connectivity index (χ2v) is 5.18. The molecule has 1 amide bonds. The van der Waals surface area contributed by atoms with E-state index in [0.29, 0.717) is 11.4 Å². The quantitative estimate of drug-likeness (QED) is 0.870. The molecule has 1 heterocycles. The van der Waals surface area contributed by atoms with Crippen LogP contribution in [0.1, 0.15) is 30.6 Å². The standard InChI is InChI=1S/C15H17ClN2O/c1-3-15(2,10-16)18-14(19)12-6-7-13-11(9-12)5-4-8-17-13/h4-9H,3,10H2,1-2H3,(H,18,19). The number of carbonyl (C=O) groups is 1. The van der Waals surface area contributed by atoms with E-state index in [9.17, 15) is 4.79 Å². The molecule has 0 aliphatic rings. The largest absolute Gasteiger partial charge is 0.346 e. The Morgan fingerprint density at radius 2 is 2.21 bits per heavy atom. The van der Waals surface area contributed by atoms with E-state index in [-0.39, 0.29) is 11.4 Å². The first kappa shape index (κ1) is 13.8. The van der Waals surface area contributed by atoms with Crippen molar-refractivity contribution in [2.24, 2.45) is 0 Å². The second kappa shape index (κ2) is 5.57. The Kier molecular flexibility index (Phi) is 4.05. The molecule has 100 valence electrons. The minimum absolute atomic E-state index is 0.101. The zero-order valence-electron chi connectivity index (χ0n) is 11.1. The first-order chi connectivity index (χ1) is 9.08. The predicted molar refractivity (Wildman–Crippen MR) is 78.6 cm³/mol. The lowest BCUT2D eigenvalue weighted by molar-refractivity contribution is 0.0912. The predicted octanol–water partition coefficient (Wildman–Crippen LogP) is 3.37. The number of carbonyl (C=O) groups excluding carboxylic acids is 1. The number of fused-ring (bicyclic) bond motifs is 1. The van der Waals surface area contributed by atoms with Crippen LogP contribution in [-0.2, 0) is 0 Å². The summed E-state index contributed by atoms with van der Waals surface area (Å²) in [7, 11) is 0. The molecule has 1 N–H and O–H groups in total. The molecule has 4 heteroatoms. The molecule has 2 aromatic rings. The van der Waals surface area contributed by atoms with Gasteiger partial charge in [-0.2, -0.15) is 0 Å². The van der Waals surface area contributed by atoms with Crippen LogP contribution in [-0.4, -0.2) is 22.3 Å². The van der Waals surface area contributed by atoms with Crippen LogP contribution in [0.15, 0.2) is 36.5 Å². The molecule has 1 aromatic carbocycles. The Balaban J connectivity index is 2.26. The molecule has 19 heavy (non-hydrogen) atoms. The summed E-state index contributed by atoms with van der Waals surface area (Å²) in [6, 6.07) is 9.30. The van der Waals surface area contributed by atoms with Gasteiger partial charge in [0.15, 0.2) is 0 Å². The van der Waals surface area contributed by atoms with Gasteiger partial charge in [-0.25, -0.2) is 0 Å². The van der Waals surface area contributed by atoms with Crippen molar-refractivity contribution in [2.45, 2.75) is 25.8 Å². The van der Waals surface area contributed by atoms with Gasteiger partial charge in [-0.15, -0.1) is 11.6 Å². The molecule has 0 bridgehead atoms. The molecule has 2 rings (SSSR count). The maximum atomic E-state index is 12.2. The van der Waals surface area contributed by atoms with Gasteiger partial charge in [0.05, 0.1) is 11.1 Å². The molecule has 0 aliphatic carbocycles. The third-order valence-corrected chi connectivity index (χ3v) is 3.95. The molecule has 0 saturated carbocycles. The lowest BCUT2D eigenvalue weighted by Crippen LogP contribution is -2.47. The first-order valence-corrected chi connectivity index (χ1v) is 6.85. The van der Waals surface area contributed by atoms with E-state index in [2.05, 4.69) is 10.3 Å². The molecule has 1 aromatic heterocycles. The van der Waals surface area contributed by atoms with Crippen molar-refractivity contribution in [3.05, 3.63) is 42.1 Å². The number of hydrogen-bond acceptors (Lipinski definition) is 2. The number of hydrogen-bond donors (Lipinski definition) is 1. The van der Waals surface area contributed by atoms with Gasteiger partial charge in [-0.1, -0.05) is 13.0 Å². The van der Waals surface area contributed by atoms with Gasteiger partial charge in [0.1, 0.15) is 0 Å². The number of alkyl halides is 1. The fourth-order valence-corrected chi connectivity index (χ4v) is 2.04. The summed E-state index contributed by atoms with van der Waals surface area (Å²) in [5, 5.41) is 3.94. The van der Waals surface area contributed by atoms with Crippen molar-refractivity contribution < 1.29 is 4.79 Å². The fraction of sp³-hybridized carbons (Fsp3) is 0.333. The highest BCUT2D eigenvalue weighted by Crippen LogP contribution is 2.16. The average molecular weight is 277 g/mol. The minimum Gasteiger partial charge on any atom is -0.346 e. The zero-order chi connectivity index (χ0) is 13.9. The van der Waals surface area contributed by atoms with Crippen LogP contribution in [0.2, 0.25) is 0 Å². The van der Waals surface area contributed by atoms with E-state index in [4.69, 9.17) is 11.6 Å². The lowest BCUT2D eigenvalue weighted by atomic mass is 10.0. The Morgan fingerprint density at radius 1 is 1.42 bits per heavy atom. The molecule has 1 atom stereocenters. The van der Waals surface area contributed by atoms with Gasteiger partial charge in [0.25, 0.3) is 5.91 Å². The van der Waals surface area contributed by atoms with Crippen molar-refractivity contribution in [2.75, 3.05) is 5.88 Å². The van der Waals surface area contributed by atoms with Gasteiger partial charge < -0.3 is 5.32 Å². The van der Waals surface area contributed by atoms with Crippen LogP contribution in [0, 0.1) is 0 Å². The van der Waals surface area contributed by atoms with E-state index in [1.807, 2.05) is 38.1 Å². The monoisotopic (exact) mass is 276 g/mol. The molecule has 0 fully saturated rings. The topological polar surface area (TPSA) is 42.0 Å². The number of amides is 1. The lowest BCUT2D eigenvalue weighted by Gasteiger charge is -2.27. The highest BCUT2D eigenvalue weighted by Gasteiger charge is 2.23. The number of aromatic nitrogens is 1. The highest BCUT2D eigenvalue weighted by molar-refractivity contribution is 6.18. The van der Waals surface area contributed by atoms with Gasteiger partial charge in [-0.3, -0.25) is 9.78 Å². The molecule has 3 nitrogen and oxygen atoms in total. The van der Waals surface area contributed by atoms with E-state index in [0.717, 1.165) is 17.3 Å². The summed E-state index contributed by atoms with van der Waals surface area (Å²) in [5.74, 6) is 0.292. The van der Waals surface area contributed by atoms with E-state index < -0.39 is 0 Å². The maximum absolute atomic E-state index is 12.2. The summed E-state index contributed by atoms with van der Waals surface area (Å²) < 4.78 is 0. The summed E-state index contributed by atoms with van der Waals surface area (Å²) in [6.45, 7) is 3.95. The zero-order valence-corrected chi connectivity index (χ0v) is 11.9. The minimum atomic E-state index is -0.372. The summed E-state index contributed by atoms with van der Waals surface area (Å²) in [4.78, 5) is 16.5.